The molecule has 0 saturated heterocycles. The van der Waals surface area contributed by atoms with Crippen molar-refractivity contribution in [2.45, 2.75) is 20.1 Å². The van der Waals surface area contributed by atoms with Crippen molar-refractivity contribution < 1.29 is 19.1 Å². The average Bonchev–Trinajstić information content (AvgIpc) is 2.12. The Hall–Kier alpha value is -1.45. The number of esters is 1. The van der Waals surface area contributed by atoms with Crippen LogP contribution in [-0.4, -0.2) is 31.5 Å². The van der Waals surface area contributed by atoms with Gasteiger partial charge in [-0.2, -0.15) is 0 Å². The van der Waals surface area contributed by atoms with Gasteiger partial charge < -0.3 is 9.47 Å². The molecule has 1 atom stereocenters. The predicted octanol–water partition coefficient (Wildman–Crippen LogP) is 0.804. The molecule has 1 unspecified atom stereocenters. The second kappa shape index (κ2) is 7.00. The lowest BCUT2D eigenvalue weighted by molar-refractivity contribution is -0.169. The highest BCUT2D eigenvalue weighted by atomic mass is 16.7. The molecule has 0 saturated carbocycles. The van der Waals surface area contributed by atoms with Gasteiger partial charge in [-0.25, -0.2) is 14.6 Å². The predicted molar refractivity (Wildman–Crippen MR) is 49.3 cm³/mol. The SMILES string of the molecule is C=C(C)C(=O)OC(C)OCCN=C=O. The highest BCUT2D eigenvalue weighted by Gasteiger charge is 2.09. The molecule has 0 aliphatic heterocycles. The van der Waals surface area contributed by atoms with E-state index in [0.717, 1.165) is 0 Å². The summed E-state index contributed by atoms with van der Waals surface area (Å²) in [4.78, 5) is 23.9. The lowest BCUT2D eigenvalue weighted by Gasteiger charge is -2.12. The Morgan fingerprint density at radius 2 is 2.29 bits per heavy atom. The number of aliphatic imine (C=N–C) groups is 1. The second-order valence-electron chi connectivity index (χ2n) is 2.60. The first kappa shape index (κ1) is 12.6. The van der Waals surface area contributed by atoms with Gasteiger partial charge in [0.15, 0.2) is 0 Å². The molecule has 0 aromatic carbocycles. The van der Waals surface area contributed by atoms with E-state index in [0.29, 0.717) is 5.57 Å². The third kappa shape index (κ3) is 6.11. The summed E-state index contributed by atoms with van der Waals surface area (Å²) in [6.45, 7) is 6.96. The number of carbonyl (C=O) groups excluding carboxylic acids is 2. The van der Waals surface area contributed by atoms with Crippen molar-refractivity contribution in [3.8, 4) is 0 Å². The quantitative estimate of drug-likeness (QED) is 0.158. The van der Waals surface area contributed by atoms with E-state index in [2.05, 4.69) is 11.6 Å². The van der Waals surface area contributed by atoms with Crippen molar-refractivity contribution in [1.29, 1.82) is 0 Å². The third-order valence-corrected chi connectivity index (χ3v) is 1.24. The van der Waals surface area contributed by atoms with E-state index in [1.165, 1.54) is 6.08 Å². The second-order valence-corrected chi connectivity index (χ2v) is 2.60. The molecule has 0 bridgehead atoms. The van der Waals surface area contributed by atoms with E-state index < -0.39 is 12.3 Å². The first-order chi connectivity index (χ1) is 6.57. The summed E-state index contributed by atoms with van der Waals surface area (Å²) in [6, 6.07) is 0. The highest BCUT2D eigenvalue weighted by Crippen LogP contribution is 1.99. The van der Waals surface area contributed by atoms with Crippen LogP contribution in [-0.2, 0) is 19.1 Å². The van der Waals surface area contributed by atoms with E-state index in [4.69, 9.17) is 9.47 Å². The molecular weight excluding hydrogens is 186 g/mol. The van der Waals surface area contributed by atoms with Gasteiger partial charge in [-0.1, -0.05) is 6.58 Å². The summed E-state index contributed by atoms with van der Waals surface area (Å²) in [7, 11) is 0. The van der Waals surface area contributed by atoms with Crippen LogP contribution in [0.1, 0.15) is 13.8 Å². The van der Waals surface area contributed by atoms with Crippen LogP contribution in [0.5, 0.6) is 0 Å². The molecule has 0 fully saturated rings. The van der Waals surface area contributed by atoms with Crippen LogP contribution < -0.4 is 0 Å². The topological polar surface area (TPSA) is 65.0 Å². The van der Waals surface area contributed by atoms with Crippen molar-refractivity contribution in [1.82, 2.24) is 0 Å². The van der Waals surface area contributed by atoms with Gasteiger partial charge in [-0.3, -0.25) is 0 Å². The van der Waals surface area contributed by atoms with E-state index in [9.17, 15) is 9.59 Å². The lowest BCUT2D eigenvalue weighted by atomic mass is 10.4. The standard InChI is InChI=1S/C9H13NO4/c1-7(2)9(12)14-8(3)13-5-4-10-6-11/h8H,1,4-5H2,2-3H3. The molecule has 0 aliphatic rings. The Labute approximate surface area is 82.4 Å². The minimum atomic E-state index is -0.666. The fourth-order valence-corrected chi connectivity index (χ4v) is 0.595. The summed E-state index contributed by atoms with van der Waals surface area (Å²) in [5, 5.41) is 0. The number of rotatable bonds is 6. The molecule has 78 valence electrons. The molecule has 0 radical (unpaired) electrons. The number of hydrogen-bond acceptors (Lipinski definition) is 5. The maximum atomic E-state index is 11.0. The normalized spacial score (nSPS) is 11.3. The van der Waals surface area contributed by atoms with E-state index in [1.807, 2.05) is 0 Å². The van der Waals surface area contributed by atoms with Gasteiger partial charge in [0.25, 0.3) is 0 Å². The molecule has 14 heavy (non-hydrogen) atoms. The van der Waals surface area contributed by atoms with Crippen LogP contribution in [0.4, 0.5) is 0 Å². The molecule has 0 aliphatic carbocycles. The summed E-state index contributed by atoms with van der Waals surface area (Å²) >= 11 is 0. The largest absolute Gasteiger partial charge is 0.433 e. The minimum Gasteiger partial charge on any atom is -0.433 e. The van der Waals surface area contributed by atoms with Gasteiger partial charge in [-0.05, 0) is 13.8 Å². The highest BCUT2D eigenvalue weighted by molar-refractivity contribution is 5.86. The Morgan fingerprint density at radius 1 is 1.64 bits per heavy atom. The Kier molecular flexibility index (Phi) is 6.28. The molecule has 0 rings (SSSR count). The molecule has 0 aromatic heterocycles. The first-order valence-electron chi connectivity index (χ1n) is 4.09. The van der Waals surface area contributed by atoms with Gasteiger partial charge in [0.05, 0.1) is 13.2 Å². The molecular formula is C9H13NO4. The third-order valence-electron chi connectivity index (χ3n) is 1.24. The van der Waals surface area contributed by atoms with Gasteiger partial charge in [0.1, 0.15) is 0 Å². The monoisotopic (exact) mass is 199 g/mol. The summed E-state index contributed by atoms with van der Waals surface area (Å²) in [5.74, 6) is -0.503. The molecule has 5 nitrogen and oxygen atoms in total. The zero-order chi connectivity index (χ0) is 11.0. The Morgan fingerprint density at radius 3 is 2.79 bits per heavy atom. The first-order valence-corrected chi connectivity index (χ1v) is 4.09. The van der Waals surface area contributed by atoms with E-state index in [-0.39, 0.29) is 13.2 Å². The molecule has 0 aromatic rings. The van der Waals surface area contributed by atoms with Crippen LogP contribution in [0, 0.1) is 0 Å². The fourth-order valence-electron chi connectivity index (χ4n) is 0.595. The van der Waals surface area contributed by atoms with Crippen LogP contribution in [0.15, 0.2) is 17.1 Å². The van der Waals surface area contributed by atoms with Crippen LogP contribution >= 0.6 is 0 Å². The van der Waals surface area contributed by atoms with E-state index >= 15 is 0 Å². The maximum absolute atomic E-state index is 11.0. The number of carbonyl (C=O) groups is 1. The zero-order valence-electron chi connectivity index (χ0n) is 8.28. The molecule has 0 spiro atoms. The Bertz CT molecular complexity index is 256. The molecule has 0 amide bonds. The van der Waals surface area contributed by atoms with E-state index in [1.54, 1.807) is 13.8 Å². The summed E-state index contributed by atoms with van der Waals surface area (Å²) in [5.41, 5.74) is 0.311. The Balaban J connectivity index is 3.64. The minimum absolute atomic E-state index is 0.207. The summed E-state index contributed by atoms with van der Waals surface area (Å²) in [6.07, 6.45) is 0.708. The number of nitrogens with zero attached hydrogens (tertiary/aromatic N) is 1. The fraction of sp³-hybridized carbons (Fsp3) is 0.556. The number of ether oxygens (including phenoxy) is 2. The maximum Gasteiger partial charge on any atom is 0.335 e. The van der Waals surface area contributed by atoms with Crippen molar-refractivity contribution in [3.63, 3.8) is 0 Å². The zero-order valence-corrected chi connectivity index (χ0v) is 8.28. The lowest BCUT2D eigenvalue weighted by Crippen LogP contribution is -2.19. The number of isocyanates is 1. The molecule has 0 heterocycles. The number of hydrogen-bond donors (Lipinski definition) is 0. The van der Waals surface area contributed by atoms with Crippen LogP contribution in [0.3, 0.4) is 0 Å². The summed E-state index contributed by atoms with van der Waals surface area (Å²) < 4.78 is 9.80. The molecule has 0 N–H and O–H groups in total. The van der Waals surface area contributed by atoms with Gasteiger partial charge >= 0.3 is 5.97 Å². The molecule has 5 heteroatoms. The van der Waals surface area contributed by atoms with Crippen molar-refractivity contribution in [2.24, 2.45) is 4.99 Å². The van der Waals surface area contributed by atoms with Gasteiger partial charge in [0, 0.05) is 5.57 Å². The smallest absolute Gasteiger partial charge is 0.335 e. The van der Waals surface area contributed by atoms with Crippen molar-refractivity contribution in [3.05, 3.63) is 12.2 Å². The van der Waals surface area contributed by atoms with Crippen LogP contribution in [0.25, 0.3) is 0 Å². The van der Waals surface area contributed by atoms with Crippen LogP contribution in [0.2, 0.25) is 0 Å². The van der Waals surface area contributed by atoms with Crippen molar-refractivity contribution in [2.75, 3.05) is 13.2 Å². The van der Waals surface area contributed by atoms with Crippen molar-refractivity contribution >= 4 is 12.0 Å². The van der Waals surface area contributed by atoms with Gasteiger partial charge in [-0.15, -0.1) is 0 Å². The average molecular weight is 199 g/mol. The van der Waals surface area contributed by atoms with Gasteiger partial charge in [0.2, 0.25) is 12.4 Å².